The van der Waals surface area contributed by atoms with Crippen LogP contribution in [0.25, 0.3) is 0 Å². The van der Waals surface area contributed by atoms with Gasteiger partial charge in [0.25, 0.3) is 0 Å². The van der Waals surface area contributed by atoms with Gasteiger partial charge in [0.1, 0.15) is 0 Å². The summed E-state index contributed by atoms with van der Waals surface area (Å²) in [7, 11) is 0. The molecule has 0 spiro atoms. The van der Waals surface area contributed by atoms with Gasteiger partial charge in [0, 0.05) is 0 Å². The molecule has 0 aliphatic heterocycles. The van der Waals surface area contributed by atoms with E-state index in [0.717, 1.165) is 12.3 Å². The van der Waals surface area contributed by atoms with Crippen LogP contribution in [0.5, 0.6) is 0 Å². The average molecular weight is 140 g/mol. The molecule has 0 radical (unpaired) electrons. The van der Waals surface area contributed by atoms with Gasteiger partial charge in [-0.3, -0.25) is 0 Å². The monoisotopic (exact) mass is 140 g/mol. The number of hydrogen-bond donors (Lipinski definition) is 1. The van der Waals surface area contributed by atoms with Crippen LogP contribution in [0.15, 0.2) is 0 Å². The van der Waals surface area contributed by atoms with E-state index in [9.17, 15) is 5.11 Å². The first-order valence-corrected chi connectivity index (χ1v) is 4.30. The van der Waals surface area contributed by atoms with Gasteiger partial charge >= 0.3 is 0 Å². The molecule has 3 fully saturated rings. The summed E-state index contributed by atoms with van der Waals surface area (Å²) in [6.45, 7) is 4.60. The first-order valence-electron chi connectivity index (χ1n) is 4.30. The van der Waals surface area contributed by atoms with Crippen LogP contribution in [0.2, 0.25) is 0 Å². The van der Waals surface area contributed by atoms with Gasteiger partial charge in [-0.1, -0.05) is 13.8 Å². The highest BCUT2D eigenvalue weighted by Gasteiger charge is 2.53. The van der Waals surface area contributed by atoms with Gasteiger partial charge in [-0.15, -0.1) is 0 Å². The molecule has 3 rings (SSSR count). The van der Waals surface area contributed by atoms with Crippen molar-refractivity contribution in [3.8, 4) is 0 Å². The summed E-state index contributed by atoms with van der Waals surface area (Å²) in [5.74, 6) is 1.53. The number of aliphatic hydroxyl groups is 1. The minimum atomic E-state index is 0.0139. The van der Waals surface area contributed by atoms with Crippen LogP contribution in [-0.4, -0.2) is 11.2 Å². The fourth-order valence-corrected chi connectivity index (χ4v) is 2.77. The highest BCUT2D eigenvalue weighted by molar-refractivity contribution is 5.03. The molecule has 3 atom stereocenters. The number of aliphatic hydroxyl groups excluding tert-OH is 1. The van der Waals surface area contributed by atoms with Crippen molar-refractivity contribution in [1.29, 1.82) is 0 Å². The Bertz CT molecular complexity index is 149. The normalized spacial score (nSPS) is 50.1. The topological polar surface area (TPSA) is 20.2 Å². The van der Waals surface area contributed by atoms with Gasteiger partial charge in [-0.2, -0.15) is 0 Å². The molecule has 0 aromatic carbocycles. The van der Waals surface area contributed by atoms with Crippen LogP contribution in [0.3, 0.4) is 0 Å². The Morgan fingerprint density at radius 2 is 2.00 bits per heavy atom. The van der Waals surface area contributed by atoms with Crippen molar-refractivity contribution in [1.82, 2.24) is 0 Å². The number of hydrogen-bond acceptors (Lipinski definition) is 1. The van der Waals surface area contributed by atoms with Gasteiger partial charge < -0.3 is 5.11 Å². The molecular formula is C9H16O. The molecule has 0 heterocycles. The molecule has 0 aromatic rings. The Morgan fingerprint density at radius 1 is 1.30 bits per heavy atom. The lowest BCUT2D eigenvalue weighted by atomic mass is 9.48. The Labute approximate surface area is 62.4 Å². The van der Waals surface area contributed by atoms with E-state index in [4.69, 9.17) is 0 Å². The van der Waals surface area contributed by atoms with Crippen LogP contribution >= 0.6 is 0 Å². The minimum Gasteiger partial charge on any atom is -0.393 e. The molecule has 3 aliphatic carbocycles. The fraction of sp³-hybridized carbons (Fsp3) is 1.00. The standard InChI is InChI=1S/C9H16O/c1-9(2)6-3-4-8(10)7(9)5-6/h6-8,10H,3-5H2,1-2H3/t6-,7-,8?/m1/s1. The van der Waals surface area contributed by atoms with E-state index in [1.165, 1.54) is 12.8 Å². The highest BCUT2D eigenvalue weighted by atomic mass is 16.3. The van der Waals surface area contributed by atoms with E-state index in [1.54, 1.807) is 0 Å². The molecule has 58 valence electrons. The zero-order valence-electron chi connectivity index (χ0n) is 6.80. The largest absolute Gasteiger partial charge is 0.393 e. The summed E-state index contributed by atoms with van der Waals surface area (Å²) in [5, 5.41) is 9.55. The summed E-state index contributed by atoms with van der Waals surface area (Å²) >= 11 is 0. The Hall–Kier alpha value is -0.0400. The maximum absolute atomic E-state index is 9.55. The van der Waals surface area contributed by atoms with E-state index < -0.39 is 0 Å². The first-order chi connectivity index (χ1) is 4.62. The van der Waals surface area contributed by atoms with Gasteiger partial charge in [-0.05, 0) is 36.5 Å². The van der Waals surface area contributed by atoms with Crippen LogP contribution in [0, 0.1) is 17.3 Å². The van der Waals surface area contributed by atoms with E-state index in [1.807, 2.05) is 0 Å². The van der Waals surface area contributed by atoms with Gasteiger partial charge in [0.05, 0.1) is 6.10 Å². The third kappa shape index (κ3) is 0.619. The maximum atomic E-state index is 9.55. The number of fused-ring (bicyclic) bond motifs is 2. The molecular weight excluding hydrogens is 124 g/mol. The third-order valence-electron chi connectivity index (χ3n) is 3.82. The summed E-state index contributed by atoms with van der Waals surface area (Å²) in [5.41, 5.74) is 0.456. The van der Waals surface area contributed by atoms with Crippen molar-refractivity contribution in [2.24, 2.45) is 17.3 Å². The quantitative estimate of drug-likeness (QED) is 0.544. The fourth-order valence-electron chi connectivity index (χ4n) is 2.77. The second-order valence-electron chi connectivity index (χ2n) is 4.51. The number of rotatable bonds is 0. The second kappa shape index (κ2) is 1.76. The second-order valence-corrected chi connectivity index (χ2v) is 4.51. The Kier molecular flexibility index (Phi) is 1.17. The van der Waals surface area contributed by atoms with Gasteiger partial charge in [0.2, 0.25) is 0 Å². The minimum absolute atomic E-state index is 0.0139. The van der Waals surface area contributed by atoms with Crippen molar-refractivity contribution in [3.05, 3.63) is 0 Å². The summed E-state index contributed by atoms with van der Waals surface area (Å²) in [6.07, 6.45) is 3.61. The van der Waals surface area contributed by atoms with Crippen molar-refractivity contribution >= 4 is 0 Å². The molecule has 1 nitrogen and oxygen atoms in total. The molecule has 0 aromatic heterocycles. The zero-order valence-corrected chi connectivity index (χ0v) is 6.80. The Balaban J connectivity index is 2.16. The summed E-state index contributed by atoms with van der Waals surface area (Å²) in [4.78, 5) is 0. The smallest absolute Gasteiger partial charge is 0.0573 e. The lowest BCUT2D eigenvalue weighted by Gasteiger charge is -2.58. The molecule has 1 N–H and O–H groups in total. The third-order valence-corrected chi connectivity index (χ3v) is 3.82. The van der Waals surface area contributed by atoms with E-state index in [-0.39, 0.29) is 6.10 Å². The Morgan fingerprint density at radius 3 is 2.30 bits per heavy atom. The van der Waals surface area contributed by atoms with Gasteiger partial charge in [-0.25, -0.2) is 0 Å². The molecule has 3 saturated carbocycles. The summed E-state index contributed by atoms with van der Waals surface area (Å²) in [6, 6.07) is 0. The zero-order chi connectivity index (χ0) is 7.35. The highest BCUT2D eigenvalue weighted by Crippen LogP contribution is 2.58. The van der Waals surface area contributed by atoms with E-state index >= 15 is 0 Å². The maximum Gasteiger partial charge on any atom is 0.0573 e. The van der Waals surface area contributed by atoms with Crippen LogP contribution in [0.1, 0.15) is 33.1 Å². The van der Waals surface area contributed by atoms with Gasteiger partial charge in [0.15, 0.2) is 0 Å². The van der Waals surface area contributed by atoms with Crippen LogP contribution < -0.4 is 0 Å². The predicted molar refractivity (Wildman–Crippen MR) is 40.6 cm³/mol. The predicted octanol–water partition coefficient (Wildman–Crippen LogP) is 1.80. The van der Waals surface area contributed by atoms with Crippen molar-refractivity contribution < 1.29 is 5.11 Å². The lowest BCUT2D eigenvalue weighted by molar-refractivity contribution is -0.139. The van der Waals surface area contributed by atoms with Crippen molar-refractivity contribution in [2.75, 3.05) is 0 Å². The summed E-state index contributed by atoms with van der Waals surface area (Å²) < 4.78 is 0. The SMILES string of the molecule is CC1(C)[C@@H]2CCC(O)[C@H]1C2. The molecule has 2 bridgehead atoms. The van der Waals surface area contributed by atoms with Crippen LogP contribution in [0.4, 0.5) is 0 Å². The molecule has 1 heteroatoms. The molecule has 1 unspecified atom stereocenters. The van der Waals surface area contributed by atoms with E-state index in [2.05, 4.69) is 13.8 Å². The average Bonchev–Trinajstić information content (AvgIpc) is 1.87. The molecule has 0 amide bonds. The van der Waals surface area contributed by atoms with Crippen LogP contribution in [-0.2, 0) is 0 Å². The van der Waals surface area contributed by atoms with Crippen molar-refractivity contribution in [2.45, 2.75) is 39.2 Å². The molecule has 0 saturated heterocycles. The van der Waals surface area contributed by atoms with E-state index in [0.29, 0.717) is 11.3 Å². The first kappa shape index (κ1) is 6.66. The lowest BCUT2D eigenvalue weighted by Crippen LogP contribution is -2.54. The molecule has 3 aliphatic rings. The van der Waals surface area contributed by atoms with Crippen molar-refractivity contribution in [3.63, 3.8) is 0 Å². The molecule has 10 heavy (non-hydrogen) atoms.